The van der Waals surface area contributed by atoms with Crippen LogP contribution in [0.1, 0.15) is 31.5 Å². The minimum atomic E-state index is -1.36. The molecule has 0 spiro atoms. The summed E-state index contributed by atoms with van der Waals surface area (Å²) in [5, 5.41) is 23.6. The SMILES string of the molecule is CC1(C)COc2ccccc2C(O)(c2cccc[n+]2[O-])C1. The van der Waals surface area contributed by atoms with Gasteiger partial charge in [-0.25, -0.2) is 0 Å². The topological polar surface area (TPSA) is 56.4 Å². The van der Waals surface area contributed by atoms with Crippen molar-refractivity contribution in [3.8, 4) is 5.75 Å². The summed E-state index contributed by atoms with van der Waals surface area (Å²) >= 11 is 0. The van der Waals surface area contributed by atoms with Crippen LogP contribution in [0.2, 0.25) is 0 Å². The summed E-state index contributed by atoms with van der Waals surface area (Å²) in [5.74, 6) is 0.634. The van der Waals surface area contributed by atoms with Crippen LogP contribution in [0.15, 0.2) is 48.7 Å². The number of pyridine rings is 1. The molecule has 3 rings (SSSR count). The minimum Gasteiger partial charge on any atom is -0.618 e. The van der Waals surface area contributed by atoms with Gasteiger partial charge in [0, 0.05) is 23.1 Å². The molecule has 1 N–H and O–H groups in total. The van der Waals surface area contributed by atoms with E-state index in [1.54, 1.807) is 18.2 Å². The van der Waals surface area contributed by atoms with Crippen molar-refractivity contribution in [2.24, 2.45) is 5.41 Å². The fraction of sp³-hybridized carbons (Fsp3) is 0.353. The van der Waals surface area contributed by atoms with Crippen molar-refractivity contribution in [2.75, 3.05) is 6.61 Å². The third-order valence-corrected chi connectivity index (χ3v) is 3.93. The van der Waals surface area contributed by atoms with Crippen LogP contribution in [0.4, 0.5) is 0 Å². The second kappa shape index (κ2) is 4.74. The molecule has 21 heavy (non-hydrogen) atoms. The third kappa shape index (κ3) is 2.36. The van der Waals surface area contributed by atoms with Gasteiger partial charge in [0.1, 0.15) is 5.75 Å². The highest BCUT2D eigenvalue weighted by atomic mass is 16.5. The lowest BCUT2D eigenvalue weighted by atomic mass is 9.76. The van der Waals surface area contributed by atoms with E-state index in [4.69, 9.17) is 4.74 Å². The average Bonchev–Trinajstić information content (AvgIpc) is 2.55. The first-order valence-electron chi connectivity index (χ1n) is 7.06. The molecule has 1 unspecified atom stereocenters. The van der Waals surface area contributed by atoms with Gasteiger partial charge in [0.2, 0.25) is 5.69 Å². The fourth-order valence-electron chi connectivity index (χ4n) is 3.02. The molecule has 0 amide bonds. The Hall–Kier alpha value is -2.07. The highest BCUT2D eigenvalue weighted by Gasteiger charge is 2.47. The number of aliphatic hydroxyl groups is 1. The molecule has 1 atom stereocenters. The fourth-order valence-corrected chi connectivity index (χ4v) is 3.02. The molecule has 0 aliphatic carbocycles. The van der Waals surface area contributed by atoms with E-state index in [0.29, 0.717) is 30.0 Å². The molecule has 0 radical (unpaired) electrons. The second-order valence-corrected chi connectivity index (χ2v) is 6.40. The van der Waals surface area contributed by atoms with Gasteiger partial charge >= 0.3 is 0 Å². The lowest BCUT2D eigenvalue weighted by molar-refractivity contribution is -0.622. The Bertz CT molecular complexity index is 669. The number of hydrogen-bond acceptors (Lipinski definition) is 3. The van der Waals surface area contributed by atoms with Crippen LogP contribution in [-0.2, 0) is 5.60 Å². The monoisotopic (exact) mass is 285 g/mol. The lowest BCUT2D eigenvalue weighted by Gasteiger charge is -2.31. The molecule has 0 fully saturated rings. The Kier molecular flexibility index (Phi) is 3.14. The summed E-state index contributed by atoms with van der Waals surface area (Å²) in [4.78, 5) is 0. The highest BCUT2D eigenvalue weighted by molar-refractivity contribution is 5.43. The Labute approximate surface area is 124 Å². The van der Waals surface area contributed by atoms with Crippen LogP contribution in [0.3, 0.4) is 0 Å². The van der Waals surface area contributed by atoms with E-state index in [1.165, 1.54) is 6.20 Å². The number of para-hydroxylation sites is 1. The molecule has 2 aromatic rings. The Morgan fingerprint density at radius 2 is 1.86 bits per heavy atom. The molecule has 1 aromatic carbocycles. The largest absolute Gasteiger partial charge is 0.618 e. The van der Waals surface area contributed by atoms with Crippen LogP contribution < -0.4 is 9.47 Å². The van der Waals surface area contributed by atoms with Gasteiger partial charge in [0.25, 0.3) is 0 Å². The van der Waals surface area contributed by atoms with Gasteiger partial charge < -0.3 is 15.1 Å². The van der Waals surface area contributed by atoms with E-state index in [9.17, 15) is 10.3 Å². The molecular weight excluding hydrogens is 266 g/mol. The Morgan fingerprint density at radius 1 is 1.14 bits per heavy atom. The van der Waals surface area contributed by atoms with Crippen LogP contribution >= 0.6 is 0 Å². The maximum Gasteiger partial charge on any atom is 0.229 e. The van der Waals surface area contributed by atoms with Crippen molar-refractivity contribution in [3.05, 3.63) is 65.1 Å². The molecule has 1 aromatic heterocycles. The normalized spacial score (nSPS) is 23.8. The maximum atomic E-state index is 12.2. The molecule has 4 heteroatoms. The molecule has 2 heterocycles. The first-order valence-corrected chi connectivity index (χ1v) is 7.06. The molecule has 0 saturated carbocycles. The zero-order valence-corrected chi connectivity index (χ0v) is 12.2. The molecule has 110 valence electrons. The molecule has 1 aliphatic heterocycles. The summed E-state index contributed by atoms with van der Waals surface area (Å²) in [6.07, 6.45) is 1.83. The molecule has 1 aliphatic rings. The maximum absolute atomic E-state index is 12.2. The number of ether oxygens (including phenoxy) is 1. The lowest BCUT2D eigenvalue weighted by Crippen LogP contribution is -2.44. The van der Waals surface area contributed by atoms with Gasteiger partial charge in [-0.15, -0.1) is 0 Å². The van der Waals surface area contributed by atoms with Gasteiger partial charge in [0.05, 0.1) is 6.61 Å². The van der Waals surface area contributed by atoms with Gasteiger partial charge in [-0.05, 0) is 18.6 Å². The average molecular weight is 285 g/mol. The smallest absolute Gasteiger partial charge is 0.229 e. The zero-order chi connectivity index (χ0) is 15.1. The predicted octanol–water partition coefficient (Wildman–Crippen LogP) is 2.36. The Balaban J connectivity index is 2.24. The van der Waals surface area contributed by atoms with E-state index in [1.807, 2.05) is 38.1 Å². The van der Waals surface area contributed by atoms with Crippen LogP contribution in [0.25, 0.3) is 0 Å². The number of nitrogens with zero attached hydrogens (tertiary/aromatic N) is 1. The molecular formula is C17H19NO3. The van der Waals surface area contributed by atoms with E-state index < -0.39 is 5.60 Å². The van der Waals surface area contributed by atoms with E-state index in [0.717, 1.165) is 4.73 Å². The van der Waals surface area contributed by atoms with Gasteiger partial charge in [-0.2, -0.15) is 4.73 Å². The van der Waals surface area contributed by atoms with Gasteiger partial charge in [-0.1, -0.05) is 32.0 Å². The van der Waals surface area contributed by atoms with Crippen LogP contribution in [0.5, 0.6) is 5.75 Å². The van der Waals surface area contributed by atoms with Crippen LogP contribution in [0, 0.1) is 10.6 Å². The molecule has 0 saturated heterocycles. The second-order valence-electron chi connectivity index (χ2n) is 6.40. The standard InChI is InChI=1S/C17H19NO3/c1-16(2)11-17(19,15-9-5-6-10-18(15)20)13-7-3-4-8-14(13)21-12-16/h3-10,19H,11-12H2,1-2H3. The third-order valence-electron chi connectivity index (χ3n) is 3.93. The summed E-state index contributed by atoms with van der Waals surface area (Å²) in [5.41, 5.74) is -0.640. The van der Waals surface area contributed by atoms with Crippen molar-refractivity contribution in [3.63, 3.8) is 0 Å². The van der Waals surface area contributed by atoms with E-state index in [-0.39, 0.29) is 5.41 Å². The van der Waals surface area contributed by atoms with Gasteiger partial charge in [-0.3, -0.25) is 0 Å². The number of aromatic nitrogens is 1. The quantitative estimate of drug-likeness (QED) is 0.646. The summed E-state index contributed by atoms with van der Waals surface area (Å²) in [6, 6.07) is 12.5. The summed E-state index contributed by atoms with van der Waals surface area (Å²) < 4.78 is 6.58. The van der Waals surface area contributed by atoms with Gasteiger partial charge in [0.15, 0.2) is 11.8 Å². The Morgan fingerprint density at radius 3 is 2.62 bits per heavy atom. The van der Waals surface area contributed by atoms with Crippen molar-refractivity contribution in [1.29, 1.82) is 0 Å². The van der Waals surface area contributed by atoms with Crippen molar-refractivity contribution in [2.45, 2.75) is 25.9 Å². The molecule has 4 nitrogen and oxygen atoms in total. The summed E-state index contributed by atoms with van der Waals surface area (Å²) in [6.45, 7) is 4.56. The first-order chi connectivity index (χ1) is 9.92. The number of fused-ring (bicyclic) bond motifs is 1. The van der Waals surface area contributed by atoms with E-state index >= 15 is 0 Å². The van der Waals surface area contributed by atoms with E-state index in [2.05, 4.69) is 0 Å². The number of rotatable bonds is 1. The number of benzene rings is 1. The minimum absolute atomic E-state index is 0.253. The van der Waals surface area contributed by atoms with Crippen LogP contribution in [-0.4, -0.2) is 11.7 Å². The zero-order valence-electron chi connectivity index (χ0n) is 12.2. The highest BCUT2D eigenvalue weighted by Crippen LogP contribution is 2.45. The van der Waals surface area contributed by atoms with Crippen molar-refractivity contribution >= 4 is 0 Å². The predicted molar refractivity (Wildman–Crippen MR) is 78.7 cm³/mol. The summed E-state index contributed by atoms with van der Waals surface area (Å²) in [7, 11) is 0. The first kappa shape index (κ1) is 13.9. The number of hydrogen-bond donors (Lipinski definition) is 1. The van der Waals surface area contributed by atoms with Crippen molar-refractivity contribution < 1.29 is 14.6 Å². The van der Waals surface area contributed by atoms with Crippen molar-refractivity contribution in [1.82, 2.24) is 0 Å². The molecule has 0 bridgehead atoms.